The molecule has 2 rings (SSSR count). The summed E-state index contributed by atoms with van der Waals surface area (Å²) in [6.45, 7) is 1.18. The average molecular weight is 291 g/mol. The molecule has 0 heterocycles. The van der Waals surface area contributed by atoms with Gasteiger partial charge in [-0.25, -0.2) is 0 Å². The SMILES string of the molecule is CN(Cc1ccccc1Cl)CC(O)c1ccccc1N. The molecule has 3 N–H and O–H groups in total. The first-order valence-corrected chi connectivity index (χ1v) is 6.90. The van der Waals surface area contributed by atoms with Crippen LogP contribution in [0.5, 0.6) is 0 Å². The number of anilines is 1. The Morgan fingerprint density at radius 1 is 1.15 bits per heavy atom. The van der Waals surface area contributed by atoms with E-state index in [-0.39, 0.29) is 0 Å². The summed E-state index contributed by atoms with van der Waals surface area (Å²) < 4.78 is 0. The molecular weight excluding hydrogens is 272 g/mol. The van der Waals surface area contributed by atoms with E-state index in [1.54, 1.807) is 6.07 Å². The molecule has 4 heteroatoms. The number of likely N-dealkylation sites (N-methyl/N-ethyl adjacent to an activating group) is 1. The maximum absolute atomic E-state index is 10.3. The largest absolute Gasteiger partial charge is 0.398 e. The van der Waals surface area contributed by atoms with E-state index in [1.165, 1.54) is 0 Å². The number of rotatable bonds is 5. The lowest BCUT2D eigenvalue weighted by Gasteiger charge is -2.22. The van der Waals surface area contributed by atoms with Crippen LogP contribution in [-0.4, -0.2) is 23.6 Å². The van der Waals surface area contributed by atoms with Gasteiger partial charge >= 0.3 is 0 Å². The van der Waals surface area contributed by atoms with Gasteiger partial charge in [-0.2, -0.15) is 0 Å². The Balaban J connectivity index is 2.00. The number of hydrogen-bond donors (Lipinski definition) is 2. The van der Waals surface area contributed by atoms with Gasteiger partial charge in [-0.15, -0.1) is 0 Å². The highest BCUT2D eigenvalue weighted by atomic mass is 35.5. The summed E-state index contributed by atoms with van der Waals surface area (Å²) in [5.74, 6) is 0. The highest BCUT2D eigenvalue weighted by Gasteiger charge is 2.13. The van der Waals surface area contributed by atoms with Crippen LogP contribution in [0.1, 0.15) is 17.2 Å². The Bertz CT molecular complexity index is 574. The molecule has 2 aromatic carbocycles. The fraction of sp³-hybridized carbons (Fsp3) is 0.250. The number of nitrogens with two attached hydrogens (primary N) is 1. The van der Waals surface area contributed by atoms with Crippen molar-refractivity contribution in [3.8, 4) is 0 Å². The number of para-hydroxylation sites is 1. The third kappa shape index (κ3) is 3.73. The molecule has 0 amide bonds. The molecule has 0 spiro atoms. The van der Waals surface area contributed by atoms with Crippen molar-refractivity contribution in [2.75, 3.05) is 19.3 Å². The minimum atomic E-state index is -0.608. The predicted octanol–water partition coefficient (Wildman–Crippen LogP) is 3.09. The summed E-state index contributed by atoms with van der Waals surface area (Å²) in [5, 5.41) is 11.0. The maximum atomic E-state index is 10.3. The van der Waals surface area contributed by atoms with Gasteiger partial charge in [-0.1, -0.05) is 48.0 Å². The number of nitrogens with zero attached hydrogens (tertiary/aromatic N) is 1. The molecule has 0 radical (unpaired) electrons. The molecule has 106 valence electrons. The standard InChI is InChI=1S/C16H19ClN2O/c1-19(10-12-6-2-4-8-14(12)17)11-16(20)13-7-3-5-9-15(13)18/h2-9,16,20H,10-11,18H2,1H3. The van der Waals surface area contributed by atoms with Gasteiger partial charge in [0.25, 0.3) is 0 Å². The van der Waals surface area contributed by atoms with Crippen molar-refractivity contribution in [3.05, 3.63) is 64.7 Å². The Labute approximate surface area is 124 Å². The van der Waals surface area contributed by atoms with E-state index >= 15 is 0 Å². The number of benzene rings is 2. The monoisotopic (exact) mass is 290 g/mol. The Morgan fingerprint density at radius 2 is 1.80 bits per heavy atom. The summed E-state index contributed by atoms with van der Waals surface area (Å²) in [4.78, 5) is 2.03. The number of aliphatic hydroxyl groups is 1. The van der Waals surface area contributed by atoms with Crippen LogP contribution in [0.4, 0.5) is 5.69 Å². The first-order valence-electron chi connectivity index (χ1n) is 6.52. The van der Waals surface area contributed by atoms with Crippen molar-refractivity contribution in [1.82, 2.24) is 4.90 Å². The molecule has 0 saturated heterocycles. The average Bonchev–Trinajstić information content (AvgIpc) is 2.41. The molecule has 0 aromatic heterocycles. The Hall–Kier alpha value is -1.55. The number of nitrogen functional groups attached to an aromatic ring is 1. The normalized spacial score (nSPS) is 12.6. The van der Waals surface area contributed by atoms with Crippen LogP contribution in [-0.2, 0) is 6.54 Å². The highest BCUT2D eigenvalue weighted by Crippen LogP contribution is 2.22. The first-order chi connectivity index (χ1) is 9.58. The van der Waals surface area contributed by atoms with Gasteiger partial charge in [0.15, 0.2) is 0 Å². The van der Waals surface area contributed by atoms with E-state index in [1.807, 2.05) is 54.4 Å². The van der Waals surface area contributed by atoms with Gasteiger partial charge in [-0.3, -0.25) is 4.90 Å². The van der Waals surface area contributed by atoms with Crippen LogP contribution in [0.2, 0.25) is 5.02 Å². The van der Waals surface area contributed by atoms with Crippen LogP contribution >= 0.6 is 11.6 Å². The van der Waals surface area contributed by atoms with E-state index in [2.05, 4.69) is 0 Å². The molecule has 0 fully saturated rings. The number of hydrogen-bond acceptors (Lipinski definition) is 3. The summed E-state index contributed by atoms with van der Waals surface area (Å²) in [6.07, 6.45) is -0.608. The van der Waals surface area contributed by atoms with E-state index in [4.69, 9.17) is 17.3 Å². The van der Waals surface area contributed by atoms with Crippen molar-refractivity contribution in [3.63, 3.8) is 0 Å². The number of aliphatic hydroxyl groups excluding tert-OH is 1. The second kappa shape index (κ2) is 6.75. The van der Waals surface area contributed by atoms with E-state index < -0.39 is 6.10 Å². The smallest absolute Gasteiger partial charge is 0.0936 e. The second-order valence-electron chi connectivity index (χ2n) is 4.93. The molecule has 1 atom stereocenters. The molecule has 0 bridgehead atoms. The lowest BCUT2D eigenvalue weighted by Crippen LogP contribution is -2.24. The van der Waals surface area contributed by atoms with E-state index in [9.17, 15) is 5.11 Å². The lowest BCUT2D eigenvalue weighted by molar-refractivity contribution is 0.124. The fourth-order valence-corrected chi connectivity index (χ4v) is 2.39. The van der Waals surface area contributed by atoms with Crippen LogP contribution in [0.3, 0.4) is 0 Å². The molecule has 2 aromatic rings. The fourth-order valence-electron chi connectivity index (χ4n) is 2.19. The summed E-state index contributed by atoms with van der Waals surface area (Å²) in [5.41, 5.74) is 8.30. The van der Waals surface area contributed by atoms with Crippen molar-refractivity contribution in [2.45, 2.75) is 12.6 Å². The Morgan fingerprint density at radius 3 is 2.50 bits per heavy atom. The number of halogens is 1. The molecule has 0 aliphatic rings. The summed E-state index contributed by atoms with van der Waals surface area (Å²) >= 11 is 6.14. The minimum absolute atomic E-state index is 0.499. The molecule has 3 nitrogen and oxygen atoms in total. The zero-order valence-corrected chi connectivity index (χ0v) is 12.2. The van der Waals surface area contributed by atoms with Crippen LogP contribution in [0, 0.1) is 0 Å². The van der Waals surface area contributed by atoms with Gasteiger partial charge in [0.2, 0.25) is 0 Å². The maximum Gasteiger partial charge on any atom is 0.0936 e. The quantitative estimate of drug-likeness (QED) is 0.832. The van der Waals surface area contributed by atoms with Gasteiger partial charge in [0, 0.05) is 29.4 Å². The topological polar surface area (TPSA) is 49.5 Å². The van der Waals surface area contributed by atoms with Crippen LogP contribution < -0.4 is 5.73 Å². The molecule has 0 aliphatic carbocycles. The van der Waals surface area contributed by atoms with E-state index in [0.717, 1.165) is 16.1 Å². The predicted molar refractivity (Wildman–Crippen MR) is 83.6 cm³/mol. The van der Waals surface area contributed by atoms with Gasteiger partial charge in [0.1, 0.15) is 0 Å². The minimum Gasteiger partial charge on any atom is -0.398 e. The van der Waals surface area contributed by atoms with E-state index in [0.29, 0.717) is 18.8 Å². The Kier molecular flexibility index (Phi) is 5.01. The summed E-state index contributed by atoms with van der Waals surface area (Å²) in [7, 11) is 1.95. The van der Waals surface area contributed by atoms with Gasteiger partial charge < -0.3 is 10.8 Å². The zero-order valence-electron chi connectivity index (χ0n) is 11.5. The highest BCUT2D eigenvalue weighted by molar-refractivity contribution is 6.31. The lowest BCUT2D eigenvalue weighted by atomic mass is 10.1. The van der Waals surface area contributed by atoms with Crippen LogP contribution in [0.25, 0.3) is 0 Å². The molecule has 0 saturated carbocycles. The second-order valence-corrected chi connectivity index (χ2v) is 5.34. The molecular formula is C16H19ClN2O. The summed E-state index contributed by atoms with van der Waals surface area (Å²) in [6, 6.07) is 15.1. The van der Waals surface area contributed by atoms with Crippen molar-refractivity contribution < 1.29 is 5.11 Å². The molecule has 20 heavy (non-hydrogen) atoms. The van der Waals surface area contributed by atoms with Gasteiger partial charge in [0.05, 0.1) is 6.10 Å². The van der Waals surface area contributed by atoms with Crippen molar-refractivity contribution in [1.29, 1.82) is 0 Å². The third-order valence-electron chi connectivity index (χ3n) is 3.24. The molecule has 0 aliphatic heterocycles. The first kappa shape index (κ1) is 14.9. The molecule has 1 unspecified atom stereocenters. The third-order valence-corrected chi connectivity index (χ3v) is 3.61. The van der Waals surface area contributed by atoms with Crippen molar-refractivity contribution in [2.24, 2.45) is 0 Å². The van der Waals surface area contributed by atoms with Crippen molar-refractivity contribution >= 4 is 17.3 Å². The van der Waals surface area contributed by atoms with Crippen LogP contribution in [0.15, 0.2) is 48.5 Å². The zero-order chi connectivity index (χ0) is 14.5. The van der Waals surface area contributed by atoms with Gasteiger partial charge in [-0.05, 0) is 24.7 Å².